The lowest BCUT2D eigenvalue weighted by molar-refractivity contribution is 0.0725. The van der Waals surface area contributed by atoms with E-state index in [0.717, 1.165) is 46.8 Å². The molecule has 0 N–H and O–H groups in total. The summed E-state index contributed by atoms with van der Waals surface area (Å²) in [6, 6.07) is 36.1. The van der Waals surface area contributed by atoms with Gasteiger partial charge in [0.1, 0.15) is 23.0 Å². The Hall–Kier alpha value is -6.02. The van der Waals surface area contributed by atoms with Crippen molar-refractivity contribution >= 4 is 35.7 Å². The lowest BCUT2D eigenvalue weighted by Gasteiger charge is -2.08. The van der Waals surface area contributed by atoms with Crippen molar-refractivity contribution in [1.29, 1.82) is 0 Å². The van der Waals surface area contributed by atoms with Gasteiger partial charge in [-0.2, -0.15) is 0 Å². The van der Waals surface area contributed by atoms with Crippen molar-refractivity contribution in [3.8, 4) is 23.0 Å². The molecule has 5 rings (SSSR count). The average molecular weight is 781 g/mol. The van der Waals surface area contributed by atoms with Gasteiger partial charge in [-0.05, 0) is 121 Å². The second-order valence-corrected chi connectivity index (χ2v) is 14.2. The van der Waals surface area contributed by atoms with E-state index in [2.05, 4.69) is 23.8 Å². The van der Waals surface area contributed by atoms with Gasteiger partial charge in [0.2, 0.25) is 0 Å². The van der Waals surface area contributed by atoms with Gasteiger partial charge in [0.25, 0.3) is 0 Å². The van der Waals surface area contributed by atoms with E-state index in [9.17, 15) is 9.59 Å². The molecule has 0 heterocycles. The van der Waals surface area contributed by atoms with Crippen molar-refractivity contribution in [3.05, 3.63) is 144 Å². The molecule has 5 aromatic rings. The summed E-state index contributed by atoms with van der Waals surface area (Å²) in [5.74, 6) is 1.53. The van der Waals surface area contributed by atoms with E-state index in [4.69, 9.17) is 18.9 Å². The van der Waals surface area contributed by atoms with E-state index in [0.29, 0.717) is 35.8 Å². The molecule has 0 unspecified atom stereocenters. The summed E-state index contributed by atoms with van der Waals surface area (Å²) in [4.78, 5) is 34.5. The van der Waals surface area contributed by atoms with Gasteiger partial charge in [0, 0.05) is 12.4 Å². The first-order valence-electron chi connectivity index (χ1n) is 20.8. The third kappa shape index (κ3) is 15.5. The zero-order valence-electron chi connectivity index (χ0n) is 33.9. The van der Waals surface area contributed by atoms with Gasteiger partial charge >= 0.3 is 11.9 Å². The minimum absolute atomic E-state index is 0.428. The number of ether oxygens (including phenoxy) is 4. The van der Waals surface area contributed by atoms with Crippen LogP contribution in [0.1, 0.15) is 123 Å². The highest BCUT2D eigenvalue weighted by Crippen LogP contribution is 2.22. The second kappa shape index (κ2) is 24.6. The van der Waals surface area contributed by atoms with E-state index < -0.39 is 11.9 Å². The lowest BCUT2D eigenvalue weighted by Crippen LogP contribution is -2.08. The maximum atomic E-state index is 12.7. The topological polar surface area (TPSA) is 95.8 Å². The van der Waals surface area contributed by atoms with E-state index in [1.54, 1.807) is 109 Å². The Morgan fingerprint density at radius 2 is 0.741 bits per heavy atom. The molecule has 0 spiro atoms. The van der Waals surface area contributed by atoms with Gasteiger partial charge in [0.05, 0.1) is 35.7 Å². The predicted octanol–water partition coefficient (Wildman–Crippen LogP) is 13.1. The highest BCUT2D eigenvalue weighted by atomic mass is 16.5. The normalized spacial score (nSPS) is 11.2. The van der Waals surface area contributed by atoms with E-state index in [1.807, 2.05) is 24.3 Å². The summed E-state index contributed by atoms with van der Waals surface area (Å²) >= 11 is 0. The predicted molar refractivity (Wildman–Crippen MR) is 234 cm³/mol. The molecule has 0 saturated heterocycles. The fourth-order valence-electron chi connectivity index (χ4n) is 6.02. The third-order valence-electron chi connectivity index (χ3n) is 9.47. The Kier molecular flexibility index (Phi) is 18.3. The van der Waals surface area contributed by atoms with Crippen LogP contribution in [0, 0.1) is 0 Å². The molecule has 0 amide bonds. The molecular formula is C50H56N2O6. The van der Waals surface area contributed by atoms with Gasteiger partial charge in [0.15, 0.2) is 0 Å². The number of nitrogens with zero attached hydrogens (tertiary/aromatic N) is 2. The van der Waals surface area contributed by atoms with E-state index in [1.165, 1.54) is 64.2 Å². The molecule has 58 heavy (non-hydrogen) atoms. The molecule has 8 heteroatoms. The molecule has 0 atom stereocenters. The smallest absolute Gasteiger partial charge is 0.343 e. The molecule has 0 bridgehead atoms. The molecule has 302 valence electrons. The van der Waals surface area contributed by atoms with Gasteiger partial charge in [-0.25, -0.2) is 9.59 Å². The van der Waals surface area contributed by atoms with Crippen LogP contribution in [-0.2, 0) is 0 Å². The van der Waals surface area contributed by atoms with Crippen LogP contribution < -0.4 is 18.9 Å². The first-order valence-corrected chi connectivity index (χ1v) is 20.8. The van der Waals surface area contributed by atoms with E-state index in [-0.39, 0.29) is 0 Å². The summed E-state index contributed by atoms with van der Waals surface area (Å²) < 4.78 is 22.8. The summed E-state index contributed by atoms with van der Waals surface area (Å²) in [6.07, 6.45) is 18.1. The van der Waals surface area contributed by atoms with Crippen molar-refractivity contribution in [3.63, 3.8) is 0 Å². The van der Waals surface area contributed by atoms with Crippen LogP contribution in [-0.4, -0.2) is 37.6 Å². The summed E-state index contributed by atoms with van der Waals surface area (Å²) in [5.41, 5.74) is 4.23. The van der Waals surface area contributed by atoms with Gasteiger partial charge in [-0.3, -0.25) is 9.98 Å². The summed E-state index contributed by atoms with van der Waals surface area (Å²) in [5, 5.41) is 0. The largest absolute Gasteiger partial charge is 0.494 e. The van der Waals surface area contributed by atoms with Crippen molar-refractivity contribution in [2.75, 3.05) is 13.2 Å². The Morgan fingerprint density at radius 1 is 0.414 bits per heavy atom. The number of carbonyl (C=O) groups excluding carboxylic acids is 2. The Balaban J connectivity index is 1.01. The SMILES string of the molecule is CCCCCCCCOc1ccc(C(=O)Oc2ccc(N=Cc3ccc(C=Nc4ccc(OC(=O)c5ccc(OCCCCCCCC)cc5)cc4)cc3)cc2)cc1. The monoisotopic (exact) mass is 780 g/mol. The second-order valence-electron chi connectivity index (χ2n) is 14.2. The number of hydrogen-bond donors (Lipinski definition) is 0. The van der Waals surface area contributed by atoms with Crippen molar-refractivity contribution in [2.45, 2.75) is 90.9 Å². The molecule has 0 radical (unpaired) electrons. The van der Waals surface area contributed by atoms with Crippen LogP contribution >= 0.6 is 0 Å². The fraction of sp³-hybridized carbons (Fsp3) is 0.320. The number of esters is 2. The van der Waals surface area contributed by atoms with Crippen LogP contribution in [0.25, 0.3) is 0 Å². The minimum Gasteiger partial charge on any atom is -0.494 e. The quantitative estimate of drug-likeness (QED) is 0.0268. The zero-order valence-corrected chi connectivity index (χ0v) is 33.9. The van der Waals surface area contributed by atoms with E-state index >= 15 is 0 Å². The fourth-order valence-corrected chi connectivity index (χ4v) is 6.02. The molecule has 0 fully saturated rings. The average Bonchev–Trinajstić information content (AvgIpc) is 3.26. The molecule has 0 aromatic heterocycles. The number of unbranched alkanes of at least 4 members (excludes halogenated alkanes) is 10. The van der Waals surface area contributed by atoms with Crippen LogP contribution in [0.5, 0.6) is 23.0 Å². The summed E-state index contributed by atoms with van der Waals surface area (Å²) in [7, 11) is 0. The lowest BCUT2D eigenvalue weighted by atomic mass is 10.1. The van der Waals surface area contributed by atoms with Gasteiger partial charge in [-0.15, -0.1) is 0 Å². The number of rotatable bonds is 24. The summed E-state index contributed by atoms with van der Waals surface area (Å²) in [6.45, 7) is 5.80. The van der Waals surface area contributed by atoms with Crippen LogP contribution in [0.15, 0.2) is 131 Å². The van der Waals surface area contributed by atoms with Gasteiger partial charge in [-0.1, -0.05) is 102 Å². The number of carbonyl (C=O) groups is 2. The van der Waals surface area contributed by atoms with Crippen LogP contribution in [0.4, 0.5) is 11.4 Å². The Morgan fingerprint density at radius 3 is 1.10 bits per heavy atom. The first kappa shape index (κ1) is 43.1. The number of aliphatic imine (C=N–C) groups is 2. The molecule has 0 aliphatic rings. The highest BCUT2D eigenvalue weighted by molar-refractivity contribution is 5.92. The van der Waals surface area contributed by atoms with Crippen LogP contribution in [0.3, 0.4) is 0 Å². The number of benzene rings is 5. The van der Waals surface area contributed by atoms with Crippen molar-refractivity contribution in [2.24, 2.45) is 9.98 Å². The Labute approximate surface area is 344 Å². The van der Waals surface area contributed by atoms with Crippen LogP contribution in [0.2, 0.25) is 0 Å². The molecule has 8 nitrogen and oxygen atoms in total. The molecule has 0 aliphatic heterocycles. The first-order chi connectivity index (χ1) is 28.5. The standard InChI is InChI=1S/C50H56N2O6/c1-3-5-7-9-11-13-35-55-45-27-19-41(20-28-45)49(53)57-47-31-23-43(24-32-47)51-37-39-15-17-40(18-16-39)38-52-44-25-33-48(34-26-44)58-50(54)42-21-29-46(30-22-42)56-36-14-12-10-8-6-4-2/h15-34,37-38H,3-14,35-36H2,1-2H3. The van der Waals surface area contributed by atoms with Gasteiger partial charge < -0.3 is 18.9 Å². The maximum absolute atomic E-state index is 12.7. The zero-order chi connectivity index (χ0) is 40.6. The molecule has 0 aliphatic carbocycles. The third-order valence-corrected chi connectivity index (χ3v) is 9.47. The molecule has 5 aromatic carbocycles. The highest BCUT2D eigenvalue weighted by Gasteiger charge is 2.11. The maximum Gasteiger partial charge on any atom is 0.343 e. The van der Waals surface area contributed by atoms with Crippen molar-refractivity contribution < 1.29 is 28.5 Å². The Bertz CT molecular complexity index is 1860. The number of hydrogen-bond acceptors (Lipinski definition) is 8. The molecule has 0 saturated carbocycles. The molecular weight excluding hydrogens is 725 g/mol. The minimum atomic E-state index is -0.428. The van der Waals surface area contributed by atoms with Crippen molar-refractivity contribution in [1.82, 2.24) is 0 Å².